The average Bonchev–Trinajstić information content (AvgIpc) is 2.70. The van der Waals surface area contributed by atoms with E-state index in [1.54, 1.807) is 0 Å². The zero-order valence-corrected chi connectivity index (χ0v) is 9.52. The van der Waals surface area contributed by atoms with Crippen LogP contribution in [0.1, 0.15) is 10.5 Å². The van der Waals surface area contributed by atoms with Crippen LogP contribution >= 0.6 is 0 Å². The zero-order chi connectivity index (χ0) is 14.6. The topological polar surface area (TPSA) is 91.6 Å². The Morgan fingerprint density at radius 3 is 2.58 bits per heavy atom. The average molecular weight is 280 g/mol. The van der Waals surface area contributed by atoms with Crippen LogP contribution in [0.3, 0.4) is 0 Å². The number of aromatic nitrogens is 1. The predicted molar refractivity (Wildman–Crippen MR) is 56.5 cm³/mol. The lowest BCUT2D eigenvalue weighted by atomic mass is 10.3. The van der Waals surface area contributed by atoms with Crippen molar-refractivity contribution in [3.05, 3.63) is 24.0 Å². The fraction of sp³-hybridized carbons (Fsp3) is 0.400. The molecule has 0 aliphatic carbocycles. The largest absolute Gasteiger partial charge is 0.479 e. The van der Waals surface area contributed by atoms with Crippen LogP contribution in [0.25, 0.3) is 0 Å². The number of nitrogens with one attached hydrogen (secondary N) is 1. The molecular weight excluding hydrogens is 269 g/mol. The molecule has 1 aromatic heterocycles. The SMILES string of the molecule is O=C(NC[C@H](O)C(=O)O)c1cccn1CC(F)(F)F. The standard InChI is InChI=1S/C10H11F3N2O4/c11-10(12,13)5-15-3-1-2-6(15)8(17)14-4-7(16)9(18)19/h1-3,7,16H,4-5H2,(H,14,17)(H,18,19)/t7-/m0/s1. The highest BCUT2D eigenvalue weighted by atomic mass is 19.4. The first kappa shape index (κ1) is 15.0. The maximum absolute atomic E-state index is 12.2. The number of amides is 1. The second kappa shape index (κ2) is 5.74. The van der Waals surface area contributed by atoms with Gasteiger partial charge in [0, 0.05) is 6.20 Å². The van der Waals surface area contributed by atoms with E-state index in [2.05, 4.69) is 0 Å². The van der Waals surface area contributed by atoms with Gasteiger partial charge in [-0.25, -0.2) is 4.79 Å². The fourth-order valence-electron chi connectivity index (χ4n) is 1.32. The molecular formula is C10H11F3N2O4. The van der Waals surface area contributed by atoms with Gasteiger partial charge in [-0.15, -0.1) is 0 Å². The lowest BCUT2D eigenvalue weighted by Gasteiger charge is -2.12. The van der Waals surface area contributed by atoms with Gasteiger partial charge < -0.3 is 20.1 Å². The van der Waals surface area contributed by atoms with E-state index >= 15 is 0 Å². The van der Waals surface area contributed by atoms with Gasteiger partial charge in [-0.1, -0.05) is 0 Å². The smallest absolute Gasteiger partial charge is 0.406 e. The highest BCUT2D eigenvalue weighted by Gasteiger charge is 2.29. The Kier molecular flexibility index (Phi) is 4.54. The van der Waals surface area contributed by atoms with Crippen LogP contribution in [0.15, 0.2) is 18.3 Å². The number of halogens is 3. The Hall–Kier alpha value is -2.03. The molecule has 0 fully saturated rings. The van der Waals surface area contributed by atoms with Gasteiger partial charge in [0.1, 0.15) is 12.2 Å². The number of aliphatic carboxylic acids is 1. The quantitative estimate of drug-likeness (QED) is 0.719. The first-order valence-electron chi connectivity index (χ1n) is 5.11. The number of aliphatic hydroxyl groups excluding tert-OH is 1. The number of rotatable bonds is 5. The minimum absolute atomic E-state index is 0.269. The molecule has 0 saturated heterocycles. The van der Waals surface area contributed by atoms with Crippen molar-refractivity contribution in [1.82, 2.24) is 9.88 Å². The van der Waals surface area contributed by atoms with E-state index in [9.17, 15) is 22.8 Å². The van der Waals surface area contributed by atoms with Crippen molar-refractivity contribution in [2.75, 3.05) is 6.54 Å². The van der Waals surface area contributed by atoms with Crippen molar-refractivity contribution in [2.45, 2.75) is 18.8 Å². The van der Waals surface area contributed by atoms with Gasteiger partial charge in [-0.2, -0.15) is 13.2 Å². The van der Waals surface area contributed by atoms with Crippen LogP contribution in [-0.2, 0) is 11.3 Å². The summed E-state index contributed by atoms with van der Waals surface area (Å²) in [5.41, 5.74) is -0.269. The zero-order valence-electron chi connectivity index (χ0n) is 9.52. The molecule has 6 nitrogen and oxygen atoms in total. The van der Waals surface area contributed by atoms with Crippen LogP contribution in [0, 0.1) is 0 Å². The number of aliphatic hydroxyl groups is 1. The minimum Gasteiger partial charge on any atom is -0.479 e. The van der Waals surface area contributed by atoms with Crippen LogP contribution in [0.4, 0.5) is 13.2 Å². The Balaban J connectivity index is 2.68. The molecule has 1 aromatic rings. The van der Waals surface area contributed by atoms with Gasteiger partial charge in [0.15, 0.2) is 6.10 Å². The molecule has 0 radical (unpaired) electrons. The summed E-state index contributed by atoms with van der Waals surface area (Å²) in [5.74, 6) is -2.43. The molecule has 19 heavy (non-hydrogen) atoms. The van der Waals surface area contributed by atoms with Gasteiger partial charge in [-0.05, 0) is 12.1 Å². The van der Waals surface area contributed by atoms with Gasteiger partial charge in [-0.3, -0.25) is 4.79 Å². The molecule has 0 bridgehead atoms. The van der Waals surface area contributed by atoms with E-state index in [4.69, 9.17) is 10.2 Å². The number of nitrogens with zero attached hydrogens (tertiary/aromatic N) is 1. The van der Waals surface area contributed by atoms with Crippen LogP contribution in [0.2, 0.25) is 0 Å². The Bertz CT molecular complexity index is 470. The Morgan fingerprint density at radius 1 is 1.42 bits per heavy atom. The van der Waals surface area contributed by atoms with E-state index < -0.39 is 37.2 Å². The second-order valence-electron chi connectivity index (χ2n) is 3.70. The summed E-state index contributed by atoms with van der Waals surface area (Å²) in [6, 6.07) is 2.42. The fourth-order valence-corrected chi connectivity index (χ4v) is 1.32. The van der Waals surface area contributed by atoms with E-state index in [0.717, 1.165) is 12.3 Å². The number of hydrogen-bond acceptors (Lipinski definition) is 3. The summed E-state index contributed by atoms with van der Waals surface area (Å²) >= 11 is 0. The number of carbonyl (C=O) groups excluding carboxylic acids is 1. The molecule has 9 heteroatoms. The van der Waals surface area contributed by atoms with Crippen molar-refractivity contribution in [3.63, 3.8) is 0 Å². The molecule has 1 heterocycles. The van der Waals surface area contributed by atoms with Gasteiger partial charge in [0.05, 0.1) is 6.54 Å². The Morgan fingerprint density at radius 2 is 2.05 bits per heavy atom. The van der Waals surface area contributed by atoms with E-state index in [0.29, 0.717) is 4.57 Å². The summed E-state index contributed by atoms with van der Waals surface area (Å²) in [5, 5.41) is 19.3. The normalized spacial score (nSPS) is 13.1. The number of hydrogen-bond donors (Lipinski definition) is 3. The van der Waals surface area contributed by atoms with Crippen molar-refractivity contribution >= 4 is 11.9 Å². The van der Waals surface area contributed by atoms with Crippen molar-refractivity contribution in [2.24, 2.45) is 0 Å². The molecule has 0 aromatic carbocycles. The van der Waals surface area contributed by atoms with Crippen molar-refractivity contribution in [3.8, 4) is 0 Å². The summed E-state index contributed by atoms with van der Waals surface area (Å²) in [7, 11) is 0. The monoisotopic (exact) mass is 280 g/mol. The van der Waals surface area contributed by atoms with Crippen LogP contribution < -0.4 is 5.32 Å². The molecule has 106 valence electrons. The molecule has 0 aliphatic rings. The third-order valence-corrected chi connectivity index (χ3v) is 2.15. The van der Waals surface area contributed by atoms with Crippen LogP contribution in [-0.4, -0.2) is 45.5 Å². The molecule has 0 spiro atoms. The third kappa shape index (κ3) is 4.62. The molecule has 1 rings (SSSR count). The highest BCUT2D eigenvalue weighted by Crippen LogP contribution is 2.18. The maximum atomic E-state index is 12.2. The van der Waals surface area contributed by atoms with Crippen LogP contribution in [0.5, 0.6) is 0 Å². The lowest BCUT2D eigenvalue weighted by molar-refractivity contribution is -0.146. The molecule has 3 N–H and O–H groups in total. The van der Waals surface area contributed by atoms with Gasteiger partial charge in [0.2, 0.25) is 0 Å². The summed E-state index contributed by atoms with van der Waals surface area (Å²) in [6.07, 6.45) is -5.21. The van der Waals surface area contributed by atoms with Crippen molar-refractivity contribution < 1.29 is 33.0 Å². The minimum atomic E-state index is -4.48. The predicted octanol–water partition coefficient (Wildman–Crippen LogP) is 0.226. The highest BCUT2D eigenvalue weighted by molar-refractivity contribution is 5.93. The van der Waals surface area contributed by atoms with Crippen molar-refractivity contribution in [1.29, 1.82) is 0 Å². The van der Waals surface area contributed by atoms with E-state index in [1.165, 1.54) is 6.07 Å². The molecule has 1 atom stereocenters. The maximum Gasteiger partial charge on any atom is 0.406 e. The molecule has 0 saturated carbocycles. The summed E-state index contributed by atoms with van der Waals surface area (Å²) in [6.45, 7) is -1.92. The number of carboxylic acids is 1. The van der Waals surface area contributed by atoms with E-state index in [1.807, 2.05) is 5.32 Å². The number of alkyl halides is 3. The molecule has 0 aliphatic heterocycles. The second-order valence-corrected chi connectivity index (χ2v) is 3.70. The number of carboxylic acid groups (broad SMARTS) is 1. The summed E-state index contributed by atoms with van der Waals surface area (Å²) in [4.78, 5) is 21.8. The lowest BCUT2D eigenvalue weighted by Crippen LogP contribution is -2.37. The van der Waals surface area contributed by atoms with Gasteiger partial charge in [0.25, 0.3) is 5.91 Å². The first-order valence-corrected chi connectivity index (χ1v) is 5.11. The summed E-state index contributed by atoms with van der Waals surface area (Å²) < 4.78 is 37.3. The Labute approximate surface area is 105 Å². The number of carbonyl (C=O) groups is 2. The van der Waals surface area contributed by atoms with Gasteiger partial charge >= 0.3 is 12.1 Å². The van der Waals surface area contributed by atoms with E-state index in [-0.39, 0.29) is 5.69 Å². The first-order chi connectivity index (χ1) is 8.70. The molecule has 1 amide bonds. The molecule has 0 unspecified atom stereocenters. The third-order valence-electron chi connectivity index (χ3n) is 2.15.